The van der Waals surface area contributed by atoms with Gasteiger partial charge in [0.25, 0.3) is 0 Å². The number of hydrogen-bond acceptors (Lipinski definition) is 6. The summed E-state index contributed by atoms with van der Waals surface area (Å²) in [5, 5.41) is 11.7. The number of allylic oxidation sites excluding steroid dienone is 1. The molecule has 2 aromatic rings. The number of alkyl halides is 5. The van der Waals surface area contributed by atoms with Crippen molar-refractivity contribution in [3.05, 3.63) is 76.3 Å². The Labute approximate surface area is 203 Å². The van der Waals surface area contributed by atoms with Gasteiger partial charge in [0.2, 0.25) is 0 Å². The van der Waals surface area contributed by atoms with Crippen LogP contribution in [0, 0.1) is 0 Å². The molecule has 1 unspecified atom stereocenters. The zero-order chi connectivity index (χ0) is 26.3. The van der Waals surface area contributed by atoms with Gasteiger partial charge in [0, 0.05) is 21.6 Å². The zero-order valence-electron chi connectivity index (χ0n) is 18.8. The molecule has 0 amide bonds. The summed E-state index contributed by atoms with van der Waals surface area (Å²) in [5.41, 5.74) is 11.6. The van der Waals surface area contributed by atoms with Crippen LogP contribution in [-0.2, 0) is 6.18 Å². The van der Waals surface area contributed by atoms with Crippen LogP contribution in [0.25, 0.3) is 4.91 Å². The second-order valence-corrected chi connectivity index (χ2v) is 8.32. The van der Waals surface area contributed by atoms with Crippen molar-refractivity contribution in [3.8, 4) is 11.5 Å². The summed E-state index contributed by atoms with van der Waals surface area (Å²) in [5.74, 6) is -0.651. The molecular weight excluding hydrogens is 493 g/mol. The third-order valence-corrected chi connectivity index (χ3v) is 5.94. The van der Waals surface area contributed by atoms with E-state index in [0.717, 1.165) is 23.9 Å². The molecule has 6 nitrogen and oxygen atoms in total. The van der Waals surface area contributed by atoms with Crippen molar-refractivity contribution in [1.82, 2.24) is 0 Å². The highest BCUT2D eigenvalue weighted by Crippen LogP contribution is 2.39. The quantitative estimate of drug-likeness (QED) is 0.115. The first-order chi connectivity index (χ1) is 16.4. The van der Waals surface area contributed by atoms with E-state index in [-0.39, 0.29) is 17.1 Å². The lowest BCUT2D eigenvalue weighted by Gasteiger charge is -2.23. The summed E-state index contributed by atoms with van der Waals surface area (Å²) in [6.45, 7) is 4.20. The van der Waals surface area contributed by atoms with Crippen molar-refractivity contribution in [2.45, 2.75) is 39.2 Å². The number of ether oxygens (including phenoxy) is 2. The number of amidine groups is 1. The van der Waals surface area contributed by atoms with Crippen molar-refractivity contribution in [3.63, 3.8) is 0 Å². The van der Waals surface area contributed by atoms with Gasteiger partial charge in [0.15, 0.2) is 5.84 Å². The Bertz CT molecular complexity index is 1100. The molecule has 0 bridgehead atoms. The van der Waals surface area contributed by atoms with E-state index >= 15 is 0 Å². The maximum Gasteiger partial charge on any atom is 0.416 e. The molecule has 0 spiro atoms. The highest BCUT2D eigenvalue weighted by Gasteiger charge is 2.30. The molecule has 0 saturated heterocycles. The molecule has 0 fully saturated rings. The minimum absolute atomic E-state index is 0.0657. The lowest BCUT2D eigenvalue weighted by molar-refractivity contribution is -0.137. The van der Waals surface area contributed by atoms with E-state index in [2.05, 4.69) is 16.5 Å². The van der Waals surface area contributed by atoms with Crippen LogP contribution in [0.5, 0.6) is 11.5 Å². The van der Waals surface area contributed by atoms with Crippen molar-refractivity contribution in [2.75, 3.05) is 0 Å². The molecule has 0 aliphatic rings. The summed E-state index contributed by atoms with van der Waals surface area (Å²) in [7, 11) is 0. The highest BCUT2D eigenvalue weighted by atomic mass is 32.2. The van der Waals surface area contributed by atoms with E-state index in [1.807, 2.05) is 0 Å². The lowest BCUT2D eigenvalue weighted by atomic mass is 10.1. The van der Waals surface area contributed by atoms with Gasteiger partial charge >= 0.3 is 12.8 Å². The third-order valence-electron chi connectivity index (χ3n) is 4.65. The SMILES string of the molecule is C=C(S/C(=C(/C)N)C(CC)Oc1ccc(C(N)=NO)c(OC(F)F)c1)c1ccc(C(F)(F)F)cc1. The third kappa shape index (κ3) is 7.54. The Hall–Kier alpha value is -3.41. The van der Waals surface area contributed by atoms with E-state index < -0.39 is 30.3 Å². The molecule has 0 saturated carbocycles. The molecule has 0 heterocycles. The van der Waals surface area contributed by atoms with Crippen LogP contribution in [0.1, 0.15) is 37.0 Å². The number of nitrogens with two attached hydrogens (primary N) is 2. The Morgan fingerprint density at radius 1 is 1.11 bits per heavy atom. The summed E-state index contributed by atoms with van der Waals surface area (Å²) in [4.78, 5) is 0.971. The standard InChI is InChI=1S/C23H24F5N3O3S/c1-4-18(33-16-9-10-17(21(30)31-32)19(11-16)34-22(24)25)20(12(2)29)35-13(3)14-5-7-15(8-6-14)23(26,27)28/h5-11,18,22,32H,3-4,29H2,1-2H3,(H2,30,31)/b20-12-. The fraction of sp³-hybridized carbons (Fsp3) is 0.261. The molecule has 2 rings (SSSR count). The second kappa shape index (κ2) is 11.8. The topological polar surface area (TPSA) is 103 Å². The molecule has 1 atom stereocenters. The first-order valence-electron chi connectivity index (χ1n) is 10.1. The van der Waals surface area contributed by atoms with Crippen LogP contribution in [0.2, 0.25) is 0 Å². The van der Waals surface area contributed by atoms with Crippen molar-refractivity contribution in [1.29, 1.82) is 0 Å². The summed E-state index contributed by atoms with van der Waals surface area (Å²) in [6.07, 6.45) is -4.70. The maximum absolute atomic E-state index is 12.9. The van der Waals surface area contributed by atoms with Gasteiger partial charge in [-0.25, -0.2) is 0 Å². The van der Waals surface area contributed by atoms with Gasteiger partial charge in [-0.1, -0.05) is 42.6 Å². The number of benzene rings is 2. The van der Waals surface area contributed by atoms with Crippen LogP contribution < -0.4 is 20.9 Å². The van der Waals surface area contributed by atoms with Crippen molar-refractivity contribution < 1.29 is 36.6 Å². The molecule has 5 N–H and O–H groups in total. The fourth-order valence-corrected chi connectivity index (χ4v) is 3.98. The molecule has 2 aromatic carbocycles. The summed E-state index contributed by atoms with van der Waals surface area (Å²) in [6, 6.07) is 8.42. The number of oxime groups is 1. The normalized spacial score (nSPS) is 13.9. The number of hydrogen-bond donors (Lipinski definition) is 3. The Kier molecular flexibility index (Phi) is 9.40. The van der Waals surface area contributed by atoms with Crippen LogP contribution in [0.4, 0.5) is 22.0 Å². The maximum atomic E-state index is 12.9. The van der Waals surface area contributed by atoms with Crippen LogP contribution >= 0.6 is 11.8 Å². The number of nitrogens with zero attached hydrogens (tertiary/aromatic N) is 1. The largest absolute Gasteiger partial charge is 0.485 e. The van der Waals surface area contributed by atoms with Crippen LogP contribution in [0.3, 0.4) is 0 Å². The summed E-state index contributed by atoms with van der Waals surface area (Å²) >= 11 is 1.13. The van der Waals surface area contributed by atoms with Gasteiger partial charge < -0.3 is 26.1 Å². The Balaban J connectivity index is 2.29. The summed E-state index contributed by atoms with van der Waals surface area (Å²) < 4.78 is 74.6. The van der Waals surface area contributed by atoms with Gasteiger partial charge in [0.1, 0.15) is 17.6 Å². The molecule has 0 aliphatic carbocycles. The van der Waals surface area contributed by atoms with Gasteiger partial charge in [-0.2, -0.15) is 22.0 Å². The number of halogens is 5. The average Bonchev–Trinajstić information content (AvgIpc) is 2.79. The molecular formula is C23H24F5N3O3S. The van der Waals surface area contributed by atoms with Gasteiger partial charge in [-0.3, -0.25) is 0 Å². The highest BCUT2D eigenvalue weighted by molar-refractivity contribution is 8.11. The molecule has 0 aliphatic heterocycles. The van der Waals surface area contributed by atoms with E-state index in [1.165, 1.54) is 30.3 Å². The van der Waals surface area contributed by atoms with E-state index in [4.69, 9.17) is 21.4 Å². The van der Waals surface area contributed by atoms with E-state index in [9.17, 15) is 22.0 Å². The second-order valence-electron chi connectivity index (χ2n) is 7.18. The van der Waals surface area contributed by atoms with Crippen molar-refractivity contribution in [2.24, 2.45) is 16.6 Å². The fourth-order valence-electron chi connectivity index (χ4n) is 2.96. The van der Waals surface area contributed by atoms with Crippen LogP contribution in [0.15, 0.2) is 64.8 Å². The molecule has 35 heavy (non-hydrogen) atoms. The molecule has 12 heteroatoms. The molecule has 190 valence electrons. The van der Waals surface area contributed by atoms with Gasteiger partial charge in [-0.15, -0.1) is 0 Å². The van der Waals surface area contributed by atoms with Crippen molar-refractivity contribution >= 4 is 22.5 Å². The predicted octanol–water partition coefficient (Wildman–Crippen LogP) is 6.15. The number of thioether (sulfide) groups is 1. The first-order valence-corrected chi connectivity index (χ1v) is 10.9. The molecule has 0 radical (unpaired) electrons. The van der Waals surface area contributed by atoms with Gasteiger partial charge in [-0.05, 0) is 43.2 Å². The minimum atomic E-state index is -4.46. The van der Waals surface area contributed by atoms with E-state index in [1.54, 1.807) is 13.8 Å². The number of rotatable bonds is 10. The zero-order valence-corrected chi connectivity index (χ0v) is 19.6. The smallest absolute Gasteiger partial charge is 0.416 e. The first kappa shape index (κ1) is 27.8. The Morgan fingerprint density at radius 2 is 1.74 bits per heavy atom. The minimum Gasteiger partial charge on any atom is -0.485 e. The molecule has 0 aromatic heterocycles. The average molecular weight is 518 g/mol. The predicted molar refractivity (Wildman–Crippen MR) is 125 cm³/mol. The lowest BCUT2D eigenvalue weighted by Crippen LogP contribution is -2.21. The Morgan fingerprint density at radius 3 is 2.23 bits per heavy atom. The monoisotopic (exact) mass is 517 g/mol. The van der Waals surface area contributed by atoms with Crippen LogP contribution in [-0.4, -0.2) is 23.8 Å². The van der Waals surface area contributed by atoms with E-state index in [0.29, 0.717) is 27.5 Å². The van der Waals surface area contributed by atoms with Gasteiger partial charge in [0.05, 0.1) is 11.1 Å².